The Kier molecular flexibility index (Phi) is 3.81. The fourth-order valence-corrected chi connectivity index (χ4v) is 3.93. The maximum Gasteiger partial charge on any atom is 0.310 e. The minimum atomic E-state index is -0.259. The third kappa shape index (κ3) is 2.47. The highest BCUT2D eigenvalue weighted by Gasteiger charge is 2.48. The second-order valence-corrected chi connectivity index (χ2v) is 6.58. The Morgan fingerprint density at radius 2 is 2.23 bits per heavy atom. The number of amides is 1. The minimum Gasteiger partial charge on any atom is -0.432 e. The molecule has 8 nitrogen and oxygen atoms in total. The van der Waals surface area contributed by atoms with Gasteiger partial charge in [-0.15, -0.1) is 0 Å². The molecule has 4 rings (SSSR count). The molecule has 2 aromatic rings. The molecule has 2 aliphatic heterocycles. The molecule has 0 unspecified atom stereocenters. The lowest BCUT2D eigenvalue weighted by molar-refractivity contribution is 0.0692. The molecule has 0 N–H and O–H groups in total. The number of carbonyl (C=O) groups excluding carboxylic acids is 1. The van der Waals surface area contributed by atoms with Crippen molar-refractivity contribution < 1.29 is 9.21 Å². The summed E-state index contributed by atoms with van der Waals surface area (Å²) < 4.78 is 5.65. The van der Waals surface area contributed by atoms with Crippen LogP contribution in [0.25, 0.3) is 11.3 Å². The van der Waals surface area contributed by atoms with Gasteiger partial charge in [0.25, 0.3) is 5.89 Å². The van der Waals surface area contributed by atoms with Crippen LogP contribution < -0.4 is 0 Å². The molecule has 0 aromatic carbocycles. The zero-order chi connectivity index (χ0) is 18.3. The van der Waals surface area contributed by atoms with Crippen molar-refractivity contribution in [2.75, 3.05) is 13.1 Å². The van der Waals surface area contributed by atoms with Crippen LogP contribution in [0, 0.1) is 28.7 Å². The number of fused-ring (bicyclic) bond motifs is 1. The number of aromatic nitrogens is 2. The third-order valence-corrected chi connectivity index (χ3v) is 5.33. The van der Waals surface area contributed by atoms with Crippen molar-refractivity contribution in [3.05, 3.63) is 36.1 Å². The molecule has 130 valence electrons. The lowest BCUT2D eigenvalue weighted by atomic mass is 9.98. The van der Waals surface area contributed by atoms with Crippen LogP contribution in [0.15, 0.2) is 28.9 Å². The lowest BCUT2D eigenvalue weighted by Crippen LogP contribution is -2.39. The zero-order valence-corrected chi connectivity index (χ0v) is 14.2. The van der Waals surface area contributed by atoms with Crippen LogP contribution >= 0.6 is 0 Å². The van der Waals surface area contributed by atoms with Crippen molar-refractivity contribution in [2.45, 2.75) is 25.4 Å². The minimum absolute atomic E-state index is 0.0126. The first-order chi connectivity index (χ1) is 12.6. The largest absolute Gasteiger partial charge is 0.432 e. The van der Waals surface area contributed by atoms with E-state index < -0.39 is 0 Å². The molecule has 0 aliphatic carbocycles. The molecule has 0 saturated carbocycles. The predicted octanol–water partition coefficient (Wildman–Crippen LogP) is 1.62. The summed E-state index contributed by atoms with van der Waals surface area (Å²) in [6, 6.07) is 5.41. The molecule has 0 spiro atoms. The van der Waals surface area contributed by atoms with Crippen molar-refractivity contribution in [1.82, 2.24) is 19.8 Å². The van der Waals surface area contributed by atoms with Gasteiger partial charge in [-0.3, -0.25) is 4.79 Å². The zero-order valence-electron chi connectivity index (χ0n) is 14.2. The van der Waals surface area contributed by atoms with Crippen LogP contribution in [0.2, 0.25) is 0 Å². The number of hydrogen-bond donors (Lipinski definition) is 0. The van der Waals surface area contributed by atoms with E-state index >= 15 is 0 Å². The van der Waals surface area contributed by atoms with E-state index in [9.17, 15) is 10.1 Å². The molecular weight excluding hydrogens is 332 g/mol. The normalized spacial score (nSPS) is 24.2. The molecule has 26 heavy (non-hydrogen) atoms. The van der Waals surface area contributed by atoms with Crippen molar-refractivity contribution in [3.63, 3.8) is 0 Å². The number of pyridine rings is 1. The summed E-state index contributed by atoms with van der Waals surface area (Å²) in [6.45, 7) is 3.22. The highest BCUT2D eigenvalue weighted by molar-refractivity contribution is 5.90. The molecule has 0 radical (unpaired) electrons. The Balaban J connectivity index is 1.56. The predicted molar refractivity (Wildman–Crippen MR) is 89.2 cm³/mol. The number of likely N-dealkylation sites (tertiary alicyclic amines) is 2. The highest BCUT2D eigenvalue weighted by Crippen LogP contribution is 2.36. The van der Waals surface area contributed by atoms with Crippen LogP contribution in [-0.2, 0) is 0 Å². The number of oxazole rings is 1. The molecule has 0 bridgehead atoms. The Morgan fingerprint density at radius 1 is 1.38 bits per heavy atom. The molecule has 2 fully saturated rings. The van der Waals surface area contributed by atoms with Gasteiger partial charge in [-0.1, -0.05) is 0 Å². The fourth-order valence-electron chi connectivity index (χ4n) is 3.93. The van der Waals surface area contributed by atoms with Gasteiger partial charge in [-0.2, -0.15) is 10.5 Å². The smallest absolute Gasteiger partial charge is 0.310 e. The van der Waals surface area contributed by atoms with Gasteiger partial charge in [0.15, 0.2) is 12.0 Å². The van der Waals surface area contributed by atoms with E-state index in [-0.39, 0.29) is 29.6 Å². The molecular formula is C18H16N6O2. The summed E-state index contributed by atoms with van der Waals surface area (Å²) in [5, 5.41) is 18.2. The first kappa shape index (κ1) is 16.1. The second-order valence-electron chi connectivity index (χ2n) is 6.58. The summed E-state index contributed by atoms with van der Waals surface area (Å²) in [7, 11) is 0. The maximum atomic E-state index is 12.9. The van der Waals surface area contributed by atoms with E-state index in [1.54, 1.807) is 21.9 Å². The highest BCUT2D eigenvalue weighted by atomic mass is 16.4. The number of carbonyl (C=O) groups is 1. The van der Waals surface area contributed by atoms with Gasteiger partial charge in [0.2, 0.25) is 0 Å². The molecule has 4 heterocycles. The first-order valence-electron chi connectivity index (χ1n) is 8.42. The molecule has 1 amide bonds. The first-order valence-corrected chi connectivity index (χ1v) is 8.42. The SMILES string of the molecule is C[C@H]1[C@H]2CCN(C(=O)c3ncc(-c4ccnc(C#N)c4)o3)[C@H]2CN1C#N. The molecule has 2 aliphatic rings. The van der Waals surface area contributed by atoms with E-state index in [4.69, 9.17) is 9.68 Å². The van der Waals surface area contributed by atoms with Crippen LogP contribution in [-0.4, -0.2) is 50.8 Å². The third-order valence-electron chi connectivity index (χ3n) is 5.33. The van der Waals surface area contributed by atoms with Gasteiger partial charge < -0.3 is 14.2 Å². The topological polar surface area (TPSA) is 110 Å². The second kappa shape index (κ2) is 6.16. The van der Waals surface area contributed by atoms with Crippen molar-refractivity contribution in [3.8, 4) is 23.6 Å². The summed E-state index contributed by atoms with van der Waals surface area (Å²) in [5.41, 5.74) is 0.915. The van der Waals surface area contributed by atoms with Gasteiger partial charge in [-0.05, 0) is 25.5 Å². The van der Waals surface area contributed by atoms with Gasteiger partial charge in [0, 0.05) is 36.8 Å². The van der Waals surface area contributed by atoms with Gasteiger partial charge in [-0.25, -0.2) is 9.97 Å². The Labute approximate surface area is 150 Å². The molecule has 8 heteroatoms. The van der Waals surface area contributed by atoms with Crippen LogP contribution in [0.5, 0.6) is 0 Å². The van der Waals surface area contributed by atoms with E-state index in [2.05, 4.69) is 16.2 Å². The number of nitriles is 2. The van der Waals surface area contributed by atoms with E-state index in [0.717, 1.165) is 6.42 Å². The van der Waals surface area contributed by atoms with Crippen molar-refractivity contribution in [2.24, 2.45) is 5.92 Å². The van der Waals surface area contributed by atoms with Crippen LogP contribution in [0.1, 0.15) is 29.7 Å². The number of rotatable bonds is 2. The Morgan fingerprint density at radius 3 is 3.00 bits per heavy atom. The summed E-state index contributed by atoms with van der Waals surface area (Å²) >= 11 is 0. The fraction of sp³-hybridized carbons (Fsp3) is 0.389. The maximum absolute atomic E-state index is 12.9. The Bertz CT molecular complexity index is 940. The van der Waals surface area contributed by atoms with Crippen molar-refractivity contribution >= 4 is 5.91 Å². The summed E-state index contributed by atoms with van der Waals surface area (Å²) in [6.07, 6.45) is 6.07. The van der Waals surface area contributed by atoms with Crippen molar-refractivity contribution in [1.29, 1.82) is 10.5 Å². The number of hydrogen-bond acceptors (Lipinski definition) is 7. The Hall–Kier alpha value is -3.39. The monoisotopic (exact) mass is 348 g/mol. The van der Waals surface area contributed by atoms with E-state index in [1.807, 2.05) is 13.0 Å². The van der Waals surface area contributed by atoms with Crippen LogP contribution in [0.4, 0.5) is 0 Å². The van der Waals surface area contributed by atoms with E-state index in [0.29, 0.717) is 30.3 Å². The molecule has 2 aromatic heterocycles. The quantitative estimate of drug-likeness (QED) is 0.758. The lowest BCUT2D eigenvalue weighted by Gasteiger charge is -2.22. The summed E-state index contributed by atoms with van der Waals surface area (Å²) in [5.74, 6) is 0.484. The average molecular weight is 348 g/mol. The molecule has 3 atom stereocenters. The molecule has 2 saturated heterocycles. The summed E-state index contributed by atoms with van der Waals surface area (Å²) in [4.78, 5) is 24.4. The van der Waals surface area contributed by atoms with Gasteiger partial charge >= 0.3 is 5.91 Å². The average Bonchev–Trinajstić information content (AvgIpc) is 3.38. The standard InChI is InChI=1S/C18H16N6O2/c1-11-14-3-5-24(15(14)9-23(11)10-20)18(25)17-22-8-16(26-17)12-2-4-21-13(6-12)7-19/h2,4,6,8,11,14-15H,3,5,9H2,1H3/t11-,14+,15-/m0/s1. The van der Waals surface area contributed by atoms with Crippen LogP contribution in [0.3, 0.4) is 0 Å². The van der Waals surface area contributed by atoms with E-state index in [1.165, 1.54) is 12.4 Å². The van der Waals surface area contributed by atoms with Gasteiger partial charge in [0.05, 0.1) is 12.2 Å². The number of nitrogens with zero attached hydrogens (tertiary/aromatic N) is 6. The van der Waals surface area contributed by atoms with Gasteiger partial charge in [0.1, 0.15) is 11.8 Å².